The van der Waals surface area contributed by atoms with Crippen LogP contribution >= 0.6 is 0 Å². The van der Waals surface area contributed by atoms with Crippen LogP contribution in [0.15, 0.2) is 36.4 Å². The van der Waals surface area contributed by atoms with E-state index in [9.17, 15) is 0 Å². The van der Waals surface area contributed by atoms with Crippen molar-refractivity contribution in [3.8, 4) is 11.3 Å². The van der Waals surface area contributed by atoms with E-state index < -0.39 is 0 Å². The van der Waals surface area contributed by atoms with E-state index in [1.807, 2.05) is 24.3 Å². The molecule has 0 atom stereocenters. The maximum Gasteiger partial charge on any atom is 0.225 e. The highest BCUT2D eigenvalue weighted by atomic mass is 16.5. The molecule has 0 aliphatic heterocycles. The fraction of sp³-hybridized carbons (Fsp3) is 0.444. The summed E-state index contributed by atoms with van der Waals surface area (Å²) in [7, 11) is 3.76. The Balaban J connectivity index is 2.27. The van der Waals surface area contributed by atoms with Gasteiger partial charge in [-0.05, 0) is 6.42 Å². The van der Waals surface area contributed by atoms with Crippen molar-refractivity contribution in [1.82, 2.24) is 9.97 Å². The minimum absolute atomic E-state index is 0.625. The van der Waals surface area contributed by atoms with E-state index in [0.29, 0.717) is 19.1 Å². The molecule has 0 aliphatic carbocycles. The molecule has 1 N–H and O–H groups in total. The molecular formula is C18H26N4O. The first kappa shape index (κ1) is 17.2. The largest absolute Gasteiger partial charge is 0.383 e. The third-order valence-electron chi connectivity index (χ3n) is 3.61. The van der Waals surface area contributed by atoms with E-state index in [2.05, 4.69) is 46.3 Å². The van der Waals surface area contributed by atoms with Gasteiger partial charge in [0.05, 0.1) is 12.3 Å². The van der Waals surface area contributed by atoms with E-state index in [1.54, 1.807) is 7.11 Å². The second kappa shape index (κ2) is 9.10. The summed E-state index contributed by atoms with van der Waals surface area (Å²) >= 11 is 0. The Morgan fingerprint density at radius 2 is 1.96 bits per heavy atom. The first-order valence-electron chi connectivity index (χ1n) is 8.13. The number of hydrogen-bond donors (Lipinski definition) is 1. The number of hydrogen-bond acceptors (Lipinski definition) is 5. The van der Waals surface area contributed by atoms with Gasteiger partial charge >= 0.3 is 0 Å². The lowest BCUT2D eigenvalue weighted by atomic mass is 10.1. The van der Waals surface area contributed by atoms with E-state index in [1.165, 1.54) is 6.42 Å². The summed E-state index contributed by atoms with van der Waals surface area (Å²) in [6.07, 6.45) is 2.31. The van der Waals surface area contributed by atoms with Crippen LogP contribution in [0, 0.1) is 0 Å². The van der Waals surface area contributed by atoms with Crippen molar-refractivity contribution in [2.75, 3.05) is 44.1 Å². The average molecular weight is 314 g/mol. The zero-order valence-corrected chi connectivity index (χ0v) is 14.2. The lowest BCUT2D eigenvalue weighted by molar-refractivity contribution is 0.210. The molecule has 0 saturated carbocycles. The third-order valence-corrected chi connectivity index (χ3v) is 3.61. The van der Waals surface area contributed by atoms with Gasteiger partial charge in [0, 0.05) is 38.9 Å². The molecule has 0 unspecified atom stereocenters. The molecule has 0 saturated heterocycles. The molecule has 0 amide bonds. The number of anilines is 2. The Labute approximate surface area is 138 Å². The van der Waals surface area contributed by atoms with Gasteiger partial charge in [0.2, 0.25) is 5.95 Å². The number of nitrogens with one attached hydrogen (secondary N) is 1. The van der Waals surface area contributed by atoms with E-state index in [4.69, 9.17) is 4.74 Å². The van der Waals surface area contributed by atoms with Crippen molar-refractivity contribution in [2.45, 2.75) is 19.8 Å². The molecule has 124 valence electrons. The predicted octanol–water partition coefficient (Wildman–Crippen LogP) is 3.44. The van der Waals surface area contributed by atoms with Gasteiger partial charge in [-0.15, -0.1) is 0 Å². The molecule has 0 bridgehead atoms. The number of methoxy groups -OCH3 is 1. The summed E-state index contributed by atoms with van der Waals surface area (Å²) in [5.41, 5.74) is 2.02. The zero-order valence-electron chi connectivity index (χ0n) is 14.2. The summed E-state index contributed by atoms with van der Waals surface area (Å²) in [6, 6.07) is 12.2. The van der Waals surface area contributed by atoms with Crippen LogP contribution in [0.2, 0.25) is 0 Å². The van der Waals surface area contributed by atoms with E-state index in [0.717, 1.165) is 30.0 Å². The lowest BCUT2D eigenvalue weighted by Crippen LogP contribution is -2.21. The van der Waals surface area contributed by atoms with Crippen LogP contribution in [0.1, 0.15) is 19.8 Å². The standard InChI is InChI=1S/C18H26N4O/c1-4-5-12-22(2)17-14-16(15-9-7-6-8-10-15)20-18(21-17)19-11-13-23-3/h6-10,14H,4-5,11-13H2,1-3H3,(H,19,20,21). The molecule has 0 radical (unpaired) electrons. The second-order valence-corrected chi connectivity index (χ2v) is 5.50. The quantitative estimate of drug-likeness (QED) is 0.719. The van der Waals surface area contributed by atoms with Crippen LogP contribution in [0.25, 0.3) is 11.3 Å². The van der Waals surface area contributed by atoms with Gasteiger partial charge in [-0.1, -0.05) is 43.7 Å². The Morgan fingerprint density at radius 1 is 1.17 bits per heavy atom. The molecule has 2 aromatic rings. The van der Waals surface area contributed by atoms with E-state index >= 15 is 0 Å². The van der Waals surface area contributed by atoms with Crippen molar-refractivity contribution in [3.63, 3.8) is 0 Å². The Bertz CT molecular complexity index is 589. The van der Waals surface area contributed by atoms with Gasteiger partial charge in [0.15, 0.2) is 0 Å². The molecule has 5 nitrogen and oxygen atoms in total. The number of aromatic nitrogens is 2. The van der Waals surface area contributed by atoms with Crippen molar-refractivity contribution in [3.05, 3.63) is 36.4 Å². The summed E-state index contributed by atoms with van der Waals surface area (Å²) in [5.74, 6) is 1.58. The minimum Gasteiger partial charge on any atom is -0.383 e. The Kier molecular flexibility index (Phi) is 6.81. The molecule has 5 heteroatoms. The van der Waals surface area contributed by atoms with Crippen molar-refractivity contribution in [2.24, 2.45) is 0 Å². The monoisotopic (exact) mass is 314 g/mol. The maximum atomic E-state index is 5.08. The summed E-state index contributed by atoms with van der Waals surface area (Å²) < 4.78 is 5.08. The van der Waals surface area contributed by atoms with Crippen LogP contribution in [0.3, 0.4) is 0 Å². The first-order chi connectivity index (χ1) is 11.2. The smallest absolute Gasteiger partial charge is 0.225 e. The van der Waals surface area contributed by atoms with Crippen molar-refractivity contribution < 1.29 is 4.74 Å². The van der Waals surface area contributed by atoms with Crippen LogP contribution < -0.4 is 10.2 Å². The molecule has 1 aromatic carbocycles. The molecule has 0 aliphatic rings. The molecule has 1 heterocycles. The molecule has 0 fully saturated rings. The molecular weight excluding hydrogens is 288 g/mol. The number of rotatable bonds is 9. The van der Waals surface area contributed by atoms with E-state index in [-0.39, 0.29) is 0 Å². The third kappa shape index (κ3) is 5.21. The Morgan fingerprint density at radius 3 is 2.65 bits per heavy atom. The predicted molar refractivity (Wildman–Crippen MR) is 96.0 cm³/mol. The van der Waals surface area contributed by atoms with Gasteiger partial charge in [-0.3, -0.25) is 0 Å². The topological polar surface area (TPSA) is 50.3 Å². The van der Waals surface area contributed by atoms with Crippen LogP contribution in [0.5, 0.6) is 0 Å². The summed E-state index contributed by atoms with van der Waals surface area (Å²) in [5, 5.41) is 3.23. The molecule has 23 heavy (non-hydrogen) atoms. The fourth-order valence-electron chi connectivity index (χ4n) is 2.24. The van der Waals surface area contributed by atoms with Gasteiger partial charge in [0.1, 0.15) is 5.82 Å². The highest BCUT2D eigenvalue weighted by molar-refractivity contribution is 5.64. The summed E-state index contributed by atoms with van der Waals surface area (Å²) in [4.78, 5) is 11.4. The van der Waals surface area contributed by atoms with Crippen LogP contribution in [-0.2, 0) is 4.74 Å². The average Bonchev–Trinajstić information content (AvgIpc) is 2.60. The van der Waals surface area contributed by atoms with Gasteiger partial charge in [-0.2, -0.15) is 4.98 Å². The SMILES string of the molecule is CCCCN(C)c1cc(-c2ccccc2)nc(NCCOC)n1. The fourth-order valence-corrected chi connectivity index (χ4v) is 2.24. The maximum absolute atomic E-state index is 5.08. The normalized spacial score (nSPS) is 10.6. The minimum atomic E-state index is 0.625. The number of unbranched alkanes of at least 4 members (excludes halogenated alkanes) is 1. The first-order valence-corrected chi connectivity index (χ1v) is 8.13. The summed E-state index contributed by atoms with van der Waals surface area (Å²) in [6.45, 7) is 4.49. The molecule has 2 rings (SSSR count). The van der Waals surface area contributed by atoms with Crippen LogP contribution in [0.4, 0.5) is 11.8 Å². The van der Waals surface area contributed by atoms with Gasteiger partial charge in [0.25, 0.3) is 0 Å². The van der Waals surface area contributed by atoms with Gasteiger partial charge in [-0.25, -0.2) is 4.98 Å². The van der Waals surface area contributed by atoms with Crippen molar-refractivity contribution >= 4 is 11.8 Å². The number of benzene rings is 1. The van der Waals surface area contributed by atoms with Gasteiger partial charge < -0.3 is 15.0 Å². The van der Waals surface area contributed by atoms with Crippen LogP contribution in [-0.4, -0.2) is 43.8 Å². The number of nitrogens with zero attached hydrogens (tertiary/aromatic N) is 3. The molecule has 0 spiro atoms. The van der Waals surface area contributed by atoms with Crippen molar-refractivity contribution in [1.29, 1.82) is 0 Å². The highest BCUT2D eigenvalue weighted by Gasteiger charge is 2.09. The molecule has 1 aromatic heterocycles. The lowest BCUT2D eigenvalue weighted by Gasteiger charge is -2.19. The Hall–Kier alpha value is -2.14. The second-order valence-electron chi connectivity index (χ2n) is 5.50. The zero-order chi connectivity index (χ0) is 16.5. The number of ether oxygens (including phenoxy) is 1. The highest BCUT2D eigenvalue weighted by Crippen LogP contribution is 2.23.